The molecule has 0 aromatic heterocycles. The lowest BCUT2D eigenvalue weighted by Crippen LogP contribution is -2.67. The number of likely N-dealkylation sites (tertiary alicyclic amines) is 1. The molecule has 1 fully saturated rings. The van der Waals surface area contributed by atoms with Gasteiger partial charge in [0.15, 0.2) is 0 Å². The second kappa shape index (κ2) is 2.66. The summed E-state index contributed by atoms with van der Waals surface area (Å²) in [5.41, 5.74) is -0.0278. The Morgan fingerprint density at radius 3 is 2.64 bits per heavy atom. The summed E-state index contributed by atoms with van der Waals surface area (Å²) in [5.74, 6) is -0.0828. The second-order valence-corrected chi connectivity index (χ2v) is 3.43. The predicted molar refractivity (Wildman–Crippen MR) is 44.2 cm³/mol. The molecule has 0 aromatic rings. The molecule has 1 amide bonds. The molecule has 0 aromatic carbocycles. The van der Waals surface area contributed by atoms with Crippen molar-refractivity contribution in [3.8, 4) is 0 Å². The van der Waals surface area contributed by atoms with Gasteiger partial charge in [-0.1, -0.05) is 6.58 Å². The molecule has 3 heteroatoms. The minimum Gasteiger partial charge on any atom is -0.345 e. The Morgan fingerprint density at radius 1 is 1.73 bits per heavy atom. The van der Waals surface area contributed by atoms with Gasteiger partial charge >= 0.3 is 0 Å². The van der Waals surface area contributed by atoms with E-state index < -0.39 is 0 Å². The van der Waals surface area contributed by atoms with Crippen LogP contribution < -0.4 is 5.32 Å². The van der Waals surface area contributed by atoms with E-state index in [1.807, 2.05) is 14.0 Å². The fourth-order valence-corrected chi connectivity index (χ4v) is 1.57. The zero-order chi connectivity index (χ0) is 8.48. The highest BCUT2D eigenvalue weighted by molar-refractivity contribution is 5.87. The van der Waals surface area contributed by atoms with E-state index in [9.17, 15) is 4.79 Å². The van der Waals surface area contributed by atoms with Gasteiger partial charge in [0.25, 0.3) is 0 Å². The Kier molecular flexibility index (Phi) is 2.00. The highest BCUT2D eigenvalue weighted by Crippen LogP contribution is 2.17. The van der Waals surface area contributed by atoms with E-state index in [1.54, 1.807) is 0 Å². The first-order valence-electron chi connectivity index (χ1n) is 3.69. The largest absolute Gasteiger partial charge is 0.345 e. The van der Waals surface area contributed by atoms with Crippen LogP contribution in [0, 0.1) is 0 Å². The highest BCUT2D eigenvalue weighted by Gasteiger charge is 2.36. The first-order chi connectivity index (χ1) is 5.06. The summed E-state index contributed by atoms with van der Waals surface area (Å²) >= 11 is 0. The SMILES string of the molecule is C=CC(=O)NC1(C)CN(C)C1. The minimum absolute atomic E-state index is 0.0278. The summed E-state index contributed by atoms with van der Waals surface area (Å²) in [6.45, 7) is 7.28. The molecule has 1 aliphatic heterocycles. The summed E-state index contributed by atoms with van der Waals surface area (Å²) in [6, 6.07) is 0. The molecule has 0 unspecified atom stereocenters. The molecule has 0 bridgehead atoms. The molecule has 1 heterocycles. The van der Waals surface area contributed by atoms with Gasteiger partial charge in [0.1, 0.15) is 0 Å². The topological polar surface area (TPSA) is 32.3 Å². The van der Waals surface area contributed by atoms with Gasteiger partial charge in [-0.15, -0.1) is 0 Å². The van der Waals surface area contributed by atoms with Crippen molar-refractivity contribution >= 4 is 5.91 Å². The molecule has 0 spiro atoms. The van der Waals surface area contributed by atoms with E-state index in [0.717, 1.165) is 13.1 Å². The Balaban J connectivity index is 2.37. The van der Waals surface area contributed by atoms with Crippen LogP contribution in [-0.2, 0) is 4.79 Å². The molecular weight excluding hydrogens is 140 g/mol. The molecule has 11 heavy (non-hydrogen) atoms. The van der Waals surface area contributed by atoms with Crippen LogP contribution in [-0.4, -0.2) is 36.5 Å². The number of hydrogen-bond donors (Lipinski definition) is 1. The highest BCUT2D eigenvalue weighted by atomic mass is 16.1. The van der Waals surface area contributed by atoms with Crippen LogP contribution in [0.4, 0.5) is 0 Å². The first kappa shape index (κ1) is 8.27. The van der Waals surface area contributed by atoms with Crippen LogP contribution >= 0.6 is 0 Å². The van der Waals surface area contributed by atoms with Gasteiger partial charge < -0.3 is 10.2 Å². The van der Waals surface area contributed by atoms with E-state index >= 15 is 0 Å². The first-order valence-corrected chi connectivity index (χ1v) is 3.69. The molecular formula is C8H14N2O. The predicted octanol–water partition coefficient (Wildman–Crippen LogP) is -0.00730. The zero-order valence-corrected chi connectivity index (χ0v) is 7.05. The molecule has 1 saturated heterocycles. The molecule has 0 radical (unpaired) electrons. The summed E-state index contributed by atoms with van der Waals surface area (Å²) in [4.78, 5) is 13.0. The monoisotopic (exact) mass is 154 g/mol. The van der Waals surface area contributed by atoms with Crippen LogP contribution in [0.1, 0.15) is 6.92 Å². The maximum absolute atomic E-state index is 10.9. The Hall–Kier alpha value is -0.830. The quantitative estimate of drug-likeness (QED) is 0.567. The smallest absolute Gasteiger partial charge is 0.243 e. The lowest BCUT2D eigenvalue weighted by molar-refractivity contribution is -0.120. The molecule has 1 N–H and O–H groups in total. The Morgan fingerprint density at radius 2 is 2.27 bits per heavy atom. The van der Waals surface area contributed by atoms with Crippen LogP contribution in [0.2, 0.25) is 0 Å². The van der Waals surface area contributed by atoms with Crippen molar-refractivity contribution in [1.29, 1.82) is 0 Å². The third kappa shape index (κ3) is 1.80. The van der Waals surface area contributed by atoms with E-state index in [0.29, 0.717) is 0 Å². The average Bonchev–Trinajstić information content (AvgIpc) is 1.84. The van der Waals surface area contributed by atoms with E-state index in [1.165, 1.54) is 6.08 Å². The molecule has 1 rings (SSSR count). The van der Waals surface area contributed by atoms with Crippen molar-refractivity contribution < 1.29 is 4.79 Å². The van der Waals surface area contributed by atoms with Crippen molar-refractivity contribution in [3.63, 3.8) is 0 Å². The Bertz CT molecular complexity index is 183. The van der Waals surface area contributed by atoms with Crippen molar-refractivity contribution in [2.45, 2.75) is 12.5 Å². The van der Waals surface area contributed by atoms with Crippen molar-refractivity contribution in [3.05, 3.63) is 12.7 Å². The second-order valence-electron chi connectivity index (χ2n) is 3.43. The van der Waals surface area contributed by atoms with E-state index in [2.05, 4.69) is 16.8 Å². The molecule has 62 valence electrons. The van der Waals surface area contributed by atoms with Crippen LogP contribution in [0.25, 0.3) is 0 Å². The average molecular weight is 154 g/mol. The van der Waals surface area contributed by atoms with Gasteiger partial charge in [-0.2, -0.15) is 0 Å². The van der Waals surface area contributed by atoms with Gasteiger partial charge in [-0.25, -0.2) is 0 Å². The van der Waals surface area contributed by atoms with Gasteiger partial charge in [-0.05, 0) is 20.0 Å². The number of nitrogens with zero attached hydrogens (tertiary/aromatic N) is 1. The summed E-state index contributed by atoms with van der Waals surface area (Å²) < 4.78 is 0. The third-order valence-electron chi connectivity index (χ3n) is 1.85. The number of amides is 1. The number of likely N-dealkylation sites (N-methyl/N-ethyl adjacent to an activating group) is 1. The standard InChI is InChI=1S/C8H14N2O/c1-4-7(11)9-8(2)5-10(3)6-8/h4H,1,5-6H2,2-3H3,(H,9,11). The summed E-state index contributed by atoms with van der Waals surface area (Å²) in [6.07, 6.45) is 1.31. The normalized spacial score (nSPS) is 22.0. The molecule has 1 aliphatic rings. The Labute approximate surface area is 67.1 Å². The number of carbonyl (C=O) groups excluding carboxylic acids is 1. The van der Waals surface area contributed by atoms with Crippen molar-refractivity contribution in [2.24, 2.45) is 0 Å². The van der Waals surface area contributed by atoms with Gasteiger partial charge in [0.05, 0.1) is 5.54 Å². The van der Waals surface area contributed by atoms with Gasteiger partial charge in [0.2, 0.25) is 5.91 Å². The van der Waals surface area contributed by atoms with Crippen LogP contribution in [0.5, 0.6) is 0 Å². The third-order valence-corrected chi connectivity index (χ3v) is 1.85. The minimum atomic E-state index is -0.0828. The van der Waals surface area contributed by atoms with Crippen LogP contribution in [0.3, 0.4) is 0 Å². The molecule has 0 atom stereocenters. The lowest BCUT2D eigenvalue weighted by Gasteiger charge is -2.46. The van der Waals surface area contributed by atoms with Gasteiger partial charge in [-0.3, -0.25) is 4.79 Å². The summed E-state index contributed by atoms with van der Waals surface area (Å²) in [5, 5.41) is 2.87. The summed E-state index contributed by atoms with van der Waals surface area (Å²) in [7, 11) is 2.03. The lowest BCUT2D eigenvalue weighted by atomic mass is 9.93. The van der Waals surface area contributed by atoms with Crippen molar-refractivity contribution in [2.75, 3.05) is 20.1 Å². The fourth-order valence-electron chi connectivity index (χ4n) is 1.57. The van der Waals surface area contributed by atoms with E-state index in [4.69, 9.17) is 0 Å². The maximum Gasteiger partial charge on any atom is 0.243 e. The van der Waals surface area contributed by atoms with E-state index in [-0.39, 0.29) is 11.4 Å². The fraction of sp³-hybridized carbons (Fsp3) is 0.625. The number of rotatable bonds is 2. The molecule has 3 nitrogen and oxygen atoms in total. The molecule has 0 aliphatic carbocycles. The maximum atomic E-state index is 10.9. The van der Waals surface area contributed by atoms with Crippen LogP contribution in [0.15, 0.2) is 12.7 Å². The number of hydrogen-bond acceptors (Lipinski definition) is 2. The number of carbonyl (C=O) groups is 1. The number of nitrogens with one attached hydrogen (secondary N) is 1. The van der Waals surface area contributed by atoms with Gasteiger partial charge in [0, 0.05) is 13.1 Å². The molecule has 0 saturated carbocycles. The zero-order valence-electron chi connectivity index (χ0n) is 7.05. The van der Waals surface area contributed by atoms with Crippen molar-refractivity contribution in [1.82, 2.24) is 10.2 Å².